The maximum atomic E-state index is 12.5. The van der Waals surface area contributed by atoms with Gasteiger partial charge in [0.25, 0.3) is 0 Å². The Morgan fingerprint density at radius 2 is 1.52 bits per heavy atom. The van der Waals surface area contributed by atoms with Gasteiger partial charge >= 0.3 is 0 Å². The highest BCUT2D eigenvalue weighted by Crippen LogP contribution is 2.23. The molecule has 1 aromatic carbocycles. The van der Waals surface area contributed by atoms with E-state index in [1.165, 1.54) is 11.1 Å². The van der Waals surface area contributed by atoms with E-state index in [2.05, 4.69) is 29.2 Å². The summed E-state index contributed by atoms with van der Waals surface area (Å²) in [6.45, 7) is 3.57. The van der Waals surface area contributed by atoms with Crippen molar-refractivity contribution < 1.29 is 9.59 Å². The number of nitrogens with zero attached hydrogens (tertiary/aromatic N) is 3. The molecule has 0 N–H and O–H groups in total. The van der Waals surface area contributed by atoms with Crippen LogP contribution in [-0.4, -0.2) is 52.8 Å². The molecule has 0 saturated carbocycles. The lowest BCUT2D eigenvalue weighted by Gasteiger charge is -2.32. The van der Waals surface area contributed by atoms with Gasteiger partial charge in [-0.25, -0.2) is 0 Å². The van der Waals surface area contributed by atoms with E-state index >= 15 is 0 Å². The van der Waals surface area contributed by atoms with Gasteiger partial charge in [-0.1, -0.05) is 30.3 Å². The SMILES string of the molecule is O=C(CCc1ccc(CC2CCN(C(=O)Cc3cccnc3)CC2)cc1)N1CCCC1. The summed E-state index contributed by atoms with van der Waals surface area (Å²) >= 11 is 0. The van der Waals surface area contributed by atoms with Crippen LogP contribution in [0.3, 0.4) is 0 Å². The van der Waals surface area contributed by atoms with E-state index in [4.69, 9.17) is 0 Å². The Balaban J connectivity index is 1.19. The van der Waals surface area contributed by atoms with Gasteiger partial charge in [0.15, 0.2) is 0 Å². The van der Waals surface area contributed by atoms with Crippen molar-refractivity contribution >= 4 is 11.8 Å². The van der Waals surface area contributed by atoms with Crippen LogP contribution in [0.25, 0.3) is 0 Å². The number of aryl methyl sites for hydroxylation is 1. The largest absolute Gasteiger partial charge is 0.343 e. The highest BCUT2D eigenvalue weighted by molar-refractivity contribution is 5.78. The summed E-state index contributed by atoms with van der Waals surface area (Å²) in [6, 6.07) is 12.6. The summed E-state index contributed by atoms with van der Waals surface area (Å²) in [5.74, 6) is 1.13. The van der Waals surface area contributed by atoms with Crippen LogP contribution in [0.4, 0.5) is 0 Å². The minimum atomic E-state index is 0.208. The molecule has 2 amide bonds. The van der Waals surface area contributed by atoms with Gasteiger partial charge in [-0.2, -0.15) is 0 Å². The Morgan fingerprint density at radius 1 is 0.839 bits per heavy atom. The molecule has 0 atom stereocenters. The molecule has 0 unspecified atom stereocenters. The molecule has 2 fully saturated rings. The lowest BCUT2D eigenvalue weighted by Crippen LogP contribution is -2.39. The number of carbonyl (C=O) groups excluding carboxylic acids is 2. The first-order valence-electron chi connectivity index (χ1n) is 11.7. The molecular weight excluding hydrogens is 386 g/mol. The molecule has 2 saturated heterocycles. The third-order valence-electron chi connectivity index (χ3n) is 6.68. The van der Waals surface area contributed by atoms with Crippen LogP contribution in [-0.2, 0) is 28.9 Å². The summed E-state index contributed by atoms with van der Waals surface area (Å²) in [5.41, 5.74) is 3.58. The van der Waals surface area contributed by atoms with Crippen LogP contribution in [0.5, 0.6) is 0 Å². The van der Waals surface area contributed by atoms with Gasteiger partial charge in [0, 0.05) is 45.0 Å². The molecule has 5 nitrogen and oxygen atoms in total. The number of rotatable bonds is 7. The fraction of sp³-hybridized carbons (Fsp3) is 0.500. The molecule has 3 heterocycles. The average molecular weight is 420 g/mol. The molecule has 31 heavy (non-hydrogen) atoms. The third kappa shape index (κ3) is 6.16. The number of amides is 2. The van der Waals surface area contributed by atoms with Crippen molar-refractivity contribution in [1.29, 1.82) is 0 Å². The quantitative estimate of drug-likeness (QED) is 0.688. The number of carbonyl (C=O) groups is 2. The monoisotopic (exact) mass is 419 g/mol. The van der Waals surface area contributed by atoms with Crippen LogP contribution in [0.2, 0.25) is 0 Å². The molecule has 0 radical (unpaired) electrons. The van der Waals surface area contributed by atoms with E-state index in [1.54, 1.807) is 12.4 Å². The molecule has 1 aromatic heterocycles. The maximum Gasteiger partial charge on any atom is 0.227 e. The topological polar surface area (TPSA) is 53.5 Å². The highest BCUT2D eigenvalue weighted by Gasteiger charge is 2.23. The zero-order chi connectivity index (χ0) is 21.5. The molecule has 4 rings (SSSR count). The molecule has 0 aliphatic carbocycles. The van der Waals surface area contributed by atoms with Crippen molar-refractivity contribution in [3.05, 3.63) is 65.5 Å². The number of benzene rings is 1. The van der Waals surface area contributed by atoms with Crippen molar-refractivity contribution in [1.82, 2.24) is 14.8 Å². The second-order valence-corrected chi connectivity index (χ2v) is 8.97. The van der Waals surface area contributed by atoms with Crippen LogP contribution < -0.4 is 0 Å². The van der Waals surface area contributed by atoms with E-state index in [1.807, 2.05) is 21.9 Å². The highest BCUT2D eigenvalue weighted by atomic mass is 16.2. The second-order valence-electron chi connectivity index (χ2n) is 8.97. The van der Waals surface area contributed by atoms with E-state index in [-0.39, 0.29) is 5.91 Å². The van der Waals surface area contributed by atoms with Crippen molar-refractivity contribution in [2.45, 2.75) is 51.4 Å². The zero-order valence-corrected chi connectivity index (χ0v) is 18.3. The minimum Gasteiger partial charge on any atom is -0.343 e. The van der Waals surface area contributed by atoms with Gasteiger partial charge in [0.05, 0.1) is 6.42 Å². The smallest absolute Gasteiger partial charge is 0.227 e. The predicted molar refractivity (Wildman–Crippen MR) is 122 cm³/mol. The van der Waals surface area contributed by atoms with Gasteiger partial charge < -0.3 is 9.80 Å². The second kappa shape index (κ2) is 10.6. The minimum absolute atomic E-state index is 0.208. The first-order chi connectivity index (χ1) is 15.2. The first kappa shape index (κ1) is 21.5. The Hall–Kier alpha value is -2.69. The molecule has 5 heteroatoms. The van der Waals surface area contributed by atoms with Gasteiger partial charge in [-0.15, -0.1) is 0 Å². The predicted octanol–water partition coefficient (Wildman–Crippen LogP) is 3.66. The zero-order valence-electron chi connectivity index (χ0n) is 18.3. The van der Waals surface area contributed by atoms with Crippen LogP contribution in [0.15, 0.2) is 48.8 Å². The summed E-state index contributed by atoms with van der Waals surface area (Å²) in [7, 11) is 0. The molecule has 164 valence electrons. The third-order valence-corrected chi connectivity index (χ3v) is 6.68. The van der Waals surface area contributed by atoms with Crippen LogP contribution >= 0.6 is 0 Å². The summed E-state index contributed by atoms with van der Waals surface area (Å²) in [6.07, 6.45) is 10.9. The lowest BCUT2D eigenvalue weighted by atomic mass is 9.89. The van der Waals surface area contributed by atoms with Crippen LogP contribution in [0.1, 0.15) is 48.8 Å². The number of hydrogen-bond donors (Lipinski definition) is 0. The fourth-order valence-corrected chi connectivity index (χ4v) is 4.73. The molecule has 0 bridgehead atoms. The molecule has 2 aliphatic rings. The molecule has 2 aromatic rings. The van der Waals surface area contributed by atoms with Crippen molar-refractivity contribution in [2.75, 3.05) is 26.2 Å². The van der Waals surface area contributed by atoms with E-state index in [0.29, 0.717) is 24.7 Å². The van der Waals surface area contributed by atoms with Crippen molar-refractivity contribution in [3.8, 4) is 0 Å². The lowest BCUT2D eigenvalue weighted by molar-refractivity contribution is -0.132. The fourth-order valence-electron chi connectivity index (χ4n) is 4.73. The van der Waals surface area contributed by atoms with Crippen molar-refractivity contribution in [2.24, 2.45) is 5.92 Å². The number of hydrogen-bond acceptors (Lipinski definition) is 3. The van der Waals surface area contributed by atoms with Gasteiger partial charge in [-0.05, 0) is 67.2 Å². The van der Waals surface area contributed by atoms with E-state index in [0.717, 1.165) is 70.3 Å². The standard InChI is InChI=1S/C26H33N3O2/c30-25(28-14-1-2-15-28)10-9-21-5-7-22(8-6-21)18-23-11-16-29(17-12-23)26(31)19-24-4-3-13-27-20-24/h3-8,13,20,23H,1-2,9-12,14-19H2. The molecule has 0 spiro atoms. The normalized spacial score (nSPS) is 17.2. The Kier molecular flexibility index (Phi) is 7.34. The summed E-state index contributed by atoms with van der Waals surface area (Å²) in [4.78, 5) is 32.9. The number of likely N-dealkylation sites (tertiary alicyclic amines) is 2. The van der Waals surface area contributed by atoms with Crippen LogP contribution in [0, 0.1) is 5.92 Å². The van der Waals surface area contributed by atoms with Gasteiger partial charge in [0.2, 0.25) is 11.8 Å². The van der Waals surface area contributed by atoms with Crippen molar-refractivity contribution in [3.63, 3.8) is 0 Å². The first-order valence-corrected chi connectivity index (χ1v) is 11.7. The Bertz CT molecular complexity index is 852. The summed E-state index contributed by atoms with van der Waals surface area (Å²) < 4.78 is 0. The molecular formula is C26H33N3O2. The molecule has 2 aliphatic heterocycles. The summed E-state index contributed by atoms with van der Waals surface area (Å²) in [5, 5.41) is 0. The number of aromatic nitrogens is 1. The van der Waals surface area contributed by atoms with Gasteiger partial charge in [-0.3, -0.25) is 14.6 Å². The number of pyridine rings is 1. The average Bonchev–Trinajstić information content (AvgIpc) is 3.35. The Morgan fingerprint density at radius 3 is 2.19 bits per heavy atom. The van der Waals surface area contributed by atoms with E-state index < -0.39 is 0 Å². The number of piperidine rings is 1. The Labute approximate surface area is 185 Å². The van der Waals surface area contributed by atoms with E-state index in [9.17, 15) is 9.59 Å². The van der Waals surface area contributed by atoms with Gasteiger partial charge in [0.1, 0.15) is 0 Å². The maximum absolute atomic E-state index is 12.5.